The highest BCUT2D eigenvalue weighted by Gasteiger charge is 2.13. The van der Waals surface area contributed by atoms with Crippen molar-refractivity contribution < 1.29 is 23.7 Å². The average Bonchev–Trinajstić information content (AvgIpc) is 3.00. The van der Waals surface area contributed by atoms with Crippen LogP contribution in [0.3, 0.4) is 0 Å². The number of rotatable bonds is 13. The Hall–Kier alpha value is -4.74. The van der Waals surface area contributed by atoms with E-state index in [4.69, 9.17) is 18.9 Å². The van der Waals surface area contributed by atoms with E-state index in [2.05, 4.69) is 21.2 Å². The van der Waals surface area contributed by atoms with Crippen molar-refractivity contribution in [1.29, 1.82) is 5.26 Å². The van der Waals surface area contributed by atoms with E-state index in [-0.39, 0.29) is 12.2 Å². The molecule has 0 aromatic heterocycles. The Labute approximate surface area is 254 Å². The summed E-state index contributed by atoms with van der Waals surface area (Å²) in [6.07, 6.45) is 1.51. The molecule has 0 aliphatic rings. The quantitative estimate of drug-likeness (QED) is 0.120. The van der Waals surface area contributed by atoms with Crippen molar-refractivity contribution in [3.63, 3.8) is 0 Å². The van der Waals surface area contributed by atoms with Gasteiger partial charge in [0, 0.05) is 15.7 Å². The maximum Gasteiger partial charge on any atom is 0.266 e. The highest BCUT2D eigenvalue weighted by atomic mass is 79.9. The Bertz CT molecular complexity index is 1560. The molecule has 4 aromatic rings. The lowest BCUT2D eigenvalue weighted by atomic mass is 10.1. The zero-order chi connectivity index (χ0) is 29.7. The summed E-state index contributed by atoms with van der Waals surface area (Å²) in [5.74, 6) is 1.96. The fraction of sp³-hybridized carbons (Fsp3) is 0.176. The van der Waals surface area contributed by atoms with E-state index >= 15 is 0 Å². The van der Waals surface area contributed by atoms with Gasteiger partial charge in [-0.05, 0) is 85.6 Å². The lowest BCUT2D eigenvalue weighted by Gasteiger charge is -2.15. The molecular weight excluding hydrogens is 596 g/mol. The second-order valence-corrected chi connectivity index (χ2v) is 9.96. The maximum absolute atomic E-state index is 12.9. The Morgan fingerprint density at radius 2 is 1.48 bits per heavy atom. The monoisotopic (exact) mass is 626 g/mol. The number of hydrogen-bond acceptors (Lipinski definition) is 6. The van der Waals surface area contributed by atoms with Crippen LogP contribution in [-0.2, 0) is 18.0 Å². The predicted octanol–water partition coefficient (Wildman–Crippen LogP) is 7.95. The molecule has 1 amide bonds. The van der Waals surface area contributed by atoms with Crippen molar-refractivity contribution in [2.45, 2.75) is 27.1 Å². The molecule has 0 aliphatic heterocycles. The van der Waals surface area contributed by atoms with Gasteiger partial charge in [0.05, 0.1) is 13.2 Å². The predicted molar refractivity (Wildman–Crippen MR) is 167 cm³/mol. The molecule has 1 N–H and O–H groups in total. The molecule has 0 bridgehead atoms. The van der Waals surface area contributed by atoms with E-state index in [0.717, 1.165) is 15.6 Å². The van der Waals surface area contributed by atoms with E-state index < -0.39 is 5.91 Å². The second-order valence-electron chi connectivity index (χ2n) is 9.04. The number of nitriles is 1. The summed E-state index contributed by atoms with van der Waals surface area (Å²) in [6, 6.07) is 30.0. The van der Waals surface area contributed by atoms with Gasteiger partial charge in [-0.15, -0.1) is 0 Å². The molecule has 0 saturated heterocycles. The summed E-state index contributed by atoms with van der Waals surface area (Å²) in [7, 11) is 0. The molecule has 8 heteroatoms. The number of hydrogen-bond donors (Lipinski definition) is 1. The number of carbonyl (C=O) groups excluding carboxylic acids is 1. The Kier molecular flexibility index (Phi) is 11.0. The molecule has 4 aromatic carbocycles. The van der Waals surface area contributed by atoms with Gasteiger partial charge < -0.3 is 24.3 Å². The standard InChI is InChI=1S/C34H31BrN2O5/c1-3-39-30-14-12-29(13-15-30)37-34(38)27(21-36)19-26-20-28(35)11-17-31(26)41-23-25-10-16-32(33(18-25)40-4-2)42-22-24-8-6-5-7-9-24/h5-20H,3-4,22-23H2,1-2H3,(H,37,38)/b27-19+. The lowest BCUT2D eigenvalue weighted by molar-refractivity contribution is -0.112. The third-order valence-electron chi connectivity index (χ3n) is 6.00. The van der Waals surface area contributed by atoms with Crippen LogP contribution in [0.15, 0.2) is 101 Å². The number of ether oxygens (including phenoxy) is 4. The van der Waals surface area contributed by atoms with Crippen molar-refractivity contribution in [3.05, 3.63) is 118 Å². The van der Waals surface area contributed by atoms with Gasteiger partial charge in [-0.3, -0.25) is 4.79 Å². The highest BCUT2D eigenvalue weighted by Crippen LogP contribution is 2.31. The van der Waals surface area contributed by atoms with Crippen molar-refractivity contribution in [2.24, 2.45) is 0 Å². The number of halogens is 1. The van der Waals surface area contributed by atoms with E-state index in [1.165, 1.54) is 6.08 Å². The van der Waals surface area contributed by atoms with Crippen LogP contribution in [0.1, 0.15) is 30.5 Å². The summed E-state index contributed by atoms with van der Waals surface area (Å²) in [5, 5.41) is 12.5. The van der Waals surface area contributed by atoms with Crippen LogP contribution in [0.2, 0.25) is 0 Å². The first-order valence-corrected chi connectivity index (χ1v) is 14.3. The molecule has 7 nitrogen and oxygen atoms in total. The molecule has 0 aliphatic carbocycles. The van der Waals surface area contributed by atoms with E-state index in [1.807, 2.05) is 74.5 Å². The largest absolute Gasteiger partial charge is 0.494 e. The number of benzene rings is 4. The smallest absolute Gasteiger partial charge is 0.266 e. The zero-order valence-electron chi connectivity index (χ0n) is 23.4. The van der Waals surface area contributed by atoms with Crippen LogP contribution >= 0.6 is 15.9 Å². The van der Waals surface area contributed by atoms with Crippen LogP contribution in [-0.4, -0.2) is 19.1 Å². The SMILES string of the molecule is CCOc1ccc(NC(=O)/C(C#N)=C/c2cc(Br)ccc2OCc2ccc(OCc3ccccc3)c(OCC)c2)cc1. The molecule has 0 fully saturated rings. The number of amides is 1. The number of anilines is 1. The maximum atomic E-state index is 12.9. The summed E-state index contributed by atoms with van der Waals surface area (Å²) < 4.78 is 24.2. The van der Waals surface area contributed by atoms with Crippen molar-refractivity contribution >= 4 is 33.6 Å². The number of nitrogens with one attached hydrogen (secondary N) is 1. The van der Waals surface area contributed by atoms with Crippen molar-refractivity contribution in [3.8, 4) is 29.1 Å². The first-order chi connectivity index (χ1) is 20.5. The molecule has 0 saturated carbocycles. The molecule has 4 rings (SSSR count). The van der Waals surface area contributed by atoms with Gasteiger partial charge in [-0.2, -0.15) is 5.26 Å². The fourth-order valence-electron chi connectivity index (χ4n) is 3.99. The summed E-state index contributed by atoms with van der Waals surface area (Å²) in [6.45, 7) is 5.52. The van der Waals surface area contributed by atoms with Crippen LogP contribution < -0.4 is 24.3 Å². The summed E-state index contributed by atoms with van der Waals surface area (Å²) >= 11 is 3.47. The van der Waals surface area contributed by atoms with E-state index in [9.17, 15) is 10.1 Å². The molecule has 214 valence electrons. The molecule has 0 radical (unpaired) electrons. The van der Waals surface area contributed by atoms with Gasteiger partial charge in [0.1, 0.15) is 36.4 Å². The topological polar surface area (TPSA) is 89.8 Å². The van der Waals surface area contributed by atoms with Gasteiger partial charge in [0.2, 0.25) is 0 Å². The van der Waals surface area contributed by atoms with Crippen LogP contribution in [0.5, 0.6) is 23.0 Å². The molecule has 0 atom stereocenters. The minimum atomic E-state index is -0.528. The third-order valence-corrected chi connectivity index (χ3v) is 6.49. The van der Waals surface area contributed by atoms with Crippen molar-refractivity contribution in [1.82, 2.24) is 0 Å². The van der Waals surface area contributed by atoms with E-state index in [1.54, 1.807) is 36.4 Å². The lowest BCUT2D eigenvalue weighted by Crippen LogP contribution is -2.13. The number of nitrogens with zero attached hydrogens (tertiary/aromatic N) is 1. The second kappa shape index (κ2) is 15.3. The first-order valence-electron chi connectivity index (χ1n) is 13.5. The van der Waals surface area contributed by atoms with Crippen LogP contribution in [0.25, 0.3) is 6.08 Å². The highest BCUT2D eigenvalue weighted by molar-refractivity contribution is 9.10. The Morgan fingerprint density at radius 1 is 0.786 bits per heavy atom. The fourth-order valence-corrected chi connectivity index (χ4v) is 4.37. The van der Waals surface area contributed by atoms with Gasteiger partial charge in [0.25, 0.3) is 5.91 Å². The molecule has 0 heterocycles. The van der Waals surface area contributed by atoms with Gasteiger partial charge in [0.15, 0.2) is 11.5 Å². The molecule has 0 spiro atoms. The van der Waals surface area contributed by atoms with E-state index in [0.29, 0.717) is 54.1 Å². The third kappa shape index (κ3) is 8.63. The molecule has 42 heavy (non-hydrogen) atoms. The Morgan fingerprint density at radius 3 is 2.19 bits per heavy atom. The first kappa shape index (κ1) is 30.2. The van der Waals surface area contributed by atoms with Gasteiger partial charge in [-0.1, -0.05) is 52.3 Å². The zero-order valence-corrected chi connectivity index (χ0v) is 25.0. The van der Waals surface area contributed by atoms with Gasteiger partial charge in [-0.25, -0.2) is 0 Å². The van der Waals surface area contributed by atoms with Gasteiger partial charge >= 0.3 is 0 Å². The minimum Gasteiger partial charge on any atom is -0.494 e. The summed E-state index contributed by atoms with van der Waals surface area (Å²) in [4.78, 5) is 12.9. The Balaban J connectivity index is 1.47. The number of carbonyl (C=O) groups is 1. The molecular formula is C34H31BrN2O5. The normalized spacial score (nSPS) is 10.9. The summed E-state index contributed by atoms with van der Waals surface area (Å²) in [5.41, 5.74) is 3.00. The molecule has 0 unspecified atom stereocenters. The average molecular weight is 628 g/mol. The van der Waals surface area contributed by atoms with Crippen molar-refractivity contribution in [2.75, 3.05) is 18.5 Å². The minimum absolute atomic E-state index is 0.0645. The van der Waals surface area contributed by atoms with Crippen LogP contribution in [0, 0.1) is 11.3 Å². The van der Waals surface area contributed by atoms with Crippen LogP contribution in [0.4, 0.5) is 5.69 Å².